The largest absolute Gasteiger partial charge is 0.419 e. The van der Waals surface area contributed by atoms with Gasteiger partial charge in [0.25, 0.3) is 0 Å². The number of hydrogen-bond donors (Lipinski definition) is 0. The van der Waals surface area contributed by atoms with Crippen molar-refractivity contribution in [1.82, 2.24) is 14.5 Å². The molecule has 0 radical (unpaired) electrons. The van der Waals surface area contributed by atoms with E-state index in [4.69, 9.17) is 26.0 Å². The number of aromatic nitrogens is 3. The minimum Gasteiger partial charge on any atom is -0.408 e. The van der Waals surface area contributed by atoms with Crippen molar-refractivity contribution in [2.75, 3.05) is 29.9 Å². The summed E-state index contributed by atoms with van der Waals surface area (Å²) in [5, 5.41) is 0.487. The third-order valence-corrected chi connectivity index (χ3v) is 5.74. The molecule has 0 bridgehead atoms. The molecule has 0 fully saturated rings. The Kier molecular flexibility index (Phi) is 4.86. The molecule has 0 aliphatic carbocycles. The Morgan fingerprint density at radius 1 is 1.10 bits per heavy atom. The molecule has 2 aromatic heterocycles. The number of oxazole rings is 1. The predicted octanol–water partition coefficient (Wildman–Crippen LogP) is 3.45. The van der Waals surface area contributed by atoms with Gasteiger partial charge in [0.2, 0.25) is 5.91 Å². The third kappa shape index (κ3) is 3.53. The minimum absolute atomic E-state index is 0.114. The fraction of sp³-hybridized carbons (Fsp3) is 0.273. The highest BCUT2D eigenvalue weighted by Gasteiger charge is 2.27. The molecule has 8 nitrogen and oxygen atoms in total. The molecule has 4 aromatic rings. The molecule has 0 N–H and O–H groups in total. The lowest BCUT2D eigenvalue weighted by Crippen LogP contribution is -2.33. The van der Waals surface area contributed by atoms with E-state index in [0.717, 1.165) is 24.0 Å². The van der Waals surface area contributed by atoms with E-state index in [-0.39, 0.29) is 18.9 Å². The average molecular weight is 438 g/mol. The first-order valence-electron chi connectivity index (χ1n) is 10.1. The lowest BCUT2D eigenvalue weighted by atomic mass is 10.2. The van der Waals surface area contributed by atoms with E-state index in [9.17, 15) is 9.59 Å². The van der Waals surface area contributed by atoms with Gasteiger partial charge in [-0.25, -0.2) is 14.8 Å². The van der Waals surface area contributed by atoms with E-state index in [2.05, 4.69) is 0 Å². The van der Waals surface area contributed by atoms with Gasteiger partial charge < -0.3 is 9.32 Å². The zero-order valence-electron chi connectivity index (χ0n) is 16.9. The standard InChI is InChI=1S/C22H20ClN5O3/c1-26-10-4-11-28(21-20(26)24-15-5-2-3-6-16(15)25-21)19(29)9-12-27-17-8-7-14(23)13-18(17)31-22(27)30/h2-3,5-8,13H,4,9-12H2,1H3. The number of benzene rings is 2. The summed E-state index contributed by atoms with van der Waals surface area (Å²) >= 11 is 5.98. The molecule has 158 valence electrons. The van der Waals surface area contributed by atoms with E-state index in [1.165, 1.54) is 4.57 Å². The maximum Gasteiger partial charge on any atom is 0.419 e. The lowest BCUT2D eigenvalue weighted by molar-refractivity contribution is -0.118. The minimum atomic E-state index is -0.508. The first kappa shape index (κ1) is 19.6. The summed E-state index contributed by atoms with van der Waals surface area (Å²) in [4.78, 5) is 38.7. The molecule has 0 atom stereocenters. The van der Waals surface area contributed by atoms with Crippen molar-refractivity contribution in [3.05, 3.63) is 58.0 Å². The van der Waals surface area contributed by atoms with Crippen molar-refractivity contribution in [3.8, 4) is 0 Å². The van der Waals surface area contributed by atoms with Crippen LogP contribution in [-0.2, 0) is 11.3 Å². The molecule has 0 spiro atoms. The number of carbonyl (C=O) groups excluding carboxylic acids is 1. The van der Waals surface area contributed by atoms with Crippen LogP contribution in [0.4, 0.5) is 11.6 Å². The van der Waals surface area contributed by atoms with Gasteiger partial charge in [0.15, 0.2) is 17.2 Å². The molecule has 0 saturated heterocycles. The Labute approximate surface area is 182 Å². The van der Waals surface area contributed by atoms with Crippen LogP contribution in [0.15, 0.2) is 51.7 Å². The molecule has 2 aromatic carbocycles. The first-order chi connectivity index (χ1) is 15.0. The molecule has 5 rings (SSSR count). The molecule has 0 unspecified atom stereocenters. The Morgan fingerprint density at radius 2 is 1.84 bits per heavy atom. The van der Waals surface area contributed by atoms with Crippen molar-refractivity contribution in [2.45, 2.75) is 19.4 Å². The van der Waals surface area contributed by atoms with E-state index in [1.54, 1.807) is 23.1 Å². The first-order valence-corrected chi connectivity index (χ1v) is 10.5. The number of amides is 1. The number of halogens is 1. The van der Waals surface area contributed by atoms with Gasteiger partial charge in [-0.2, -0.15) is 0 Å². The molecule has 31 heavy (non-hydrogen) atoms. The van der Waals surface area contributed by atoms with E-state index in [0.29, 0.717) is 34.3 Å². The van der Waals surface area contributed by atoms with Gasteiger partial charge in [0.1, 0.15) is 0 Å². The molecule has 1 aliphatic heterocycles. The maximum absolute atomic E-state index is 13.2. The third-order valence-electron chi connectivity index (χ3n) is 5.51. The predicted molar refractivity (Wildman–Crippen MR) is 120 cm³/mol. The van der Waals surface area contributed by atoms with Crippen molar-refractivity contribution < 1.29 is 9.21 Å². The number of hydrogen-bond acceptors (Lipinski definition) is 6. The second kappa shape index (κ2) is 7.70. The summed E-state index contributed by atoms with van der Waals surface area (Å²) in [5.41, 5.74) is 2.55. The highest BCUT2D eigenvalue weighted by atomic mass is 35.5. The lowest BCUT2D eigenvalue weighted by Gasteiger charge is -2.23. The van der Waals surface area contributed by atoms with Gasteiger partial charge in [-0.3, -0.25) is 14.3 Å². The number of para-hydroxylation sites is 2. The Hall–Kier alpha value is -3.39. The molecular formula is C22H20ClN5O3. The second-order valence-corrected chi connectivity index (χ2v) is 8.00. The van der Waals surface area contributed by atoms with Crippen LogP contribution < -0.4 is 15.6 Å². The van der Waals surface area contributed by atoms with E-state index >= 15 is 0 Å². The van der Waals surface area contributed by atoms with Crippen molar-refractivity contribution in [1.29, 1.82) is 0 Å². The SMILES string of the molecule is CN1CCCN(C(=O)CCn2c(=O)oc3cc(Cl)ccc32)c2nc3ccccc3nc21. The second-order valence-electron chi connectivity index (χ2n) is 7.56. The van der Waals surface area contributed by atoms with Gasteiger partial charge >= 0.3 is 5.76 Å². The summed E-state index contributed by atoms with van der Waals surface area (Å²) in [6.07, 6.45) is 0.929. The van der Waals surface area contributed by atoms with Crippen LogP contribution in [0, 0.1) is 0 Å². The number of carbonyl (C=O) groups is 1. The van der Waals surface area contributed by atoms with Gasteiger partial charge in [-0.05, 0) is 30.7 Å². The van der Waals surface area contributed by atoms with Gasteiger partial charge in [0.05, 0.1) is 16.6 Å². The summed E-state index contributed by atoms with van der Waals surface area (Å²) in [5.74, 6) is 0.619. The molecule has 1 aliphatic rings. The molecule has 9 heteroatoms. The van der Waals surface area contributed by atoms with Crippen LogP contribution in [-0.4, -0.2) is 40.6 Å². The quantitative estimate of drug-likeness (QED) is 0.488. The number of nitrogens with zero attached hydrogens (tertiary/aromatic N) is 5. The fourth-order valence-corrected chi connectivity index (χ4v) is 4.10. The van der Waals surface area contributed by atoms with Crippen LogP contribution >= 0.6 is 11.6 Å². The smallest absolute Gasteiger partial charge is 0.408 e. The maximum atomic E-state index is 13.2. The molecular weight excluding hydrogens is 418 g/mol. The summed E-state index contributed by atoms with van der Waals surface area (Å²) in [6, 6.07) is 12.6. The average Bonchev–Trinajstić information content (AvgIpc) is 2.98. The fourth-order valence-electron chi connectivity index (χ4n) is 3.93. The van der Waals surface area contributed by atoms with Gasteiger partial charge in [-0.1, -0.05) is 23.7 Å². The van der Waals surface area contributed by atoms with Gasteiger partial charge in [0, 0.05) is 44.2 Å². The number of anilines is 2. The number of rotatable bonds is 3. The van der Waals surface area contributed by atoms with Crippen LogP contribution in [0.1, 0.15) is 12.8 Å². The molecule has 1 amide bonds. The van der Waals surface area contributed by atoms with E-state index in [1.807, 2.05) is 36.2 Å². The Balaban J connectivity index is 1.46. The summed E-state index contributed by atoms with van der Waals surface area (Å²) < 4.78 is 6.72. The Morgan fingerprint density at radius 3 is 2.61 bits per heavy atom. The highest BCUT2D eigenvalue weighted by molar-refractivity contribution is 6.31. The molecule has 3 heterocycles. The van der Waals surface area contributed by atoms with Crippen LogP contribution in [0.5, 0.6) is 0 Å². The number of aryl methyl sites for hydroxylation is 1. The van der Waals surface area contributed by atoms with Crippen molar-refractivity contribution in [2.24, 2.45) is 0 Å². The summed E-state index contributed by atoms with van der Waals surface area (Å²) in [7, 11) is 1.96. The monoisotopic (exact) mass is 437 g/mol. The Bertz CT molecular complexity index is 1360. The zero-order chi connectivity index (χ0) is 21.5. The number of fused-ring (bicyclic) bond motifs is 3. The van der Waals surface area contributed by atoms with Crippen LogP contribution in [0.25, 0.3) is 22.1 Å². The topological polar surface area (TPSA) is 84.5 Å². The van der Waals surface area contributed by atoms with Crippen molar-refractivity contribution >= 4 is 51.3 Å². The highest BCUT2D eigenvalue weighted by Crippen LogP contribution is 2.30. The zero-order valence-corrected chi connectivity index (χ0v) is 17.7. The van der Waals surface area contributed by atoms with Crippen LogP contribution in [0.2, 0.25) is 5.02 Å². The summed E-state index contributed by atoms with van der Waals surface area (Å²) in [6.45, 7) is 1.52. The van der Waals surface area contributed by atoms with Crippen molar-refractivity contribution in [3.63, 3.8) is 0 Å². The normalized spacial score (nSPS) is 14.1. The molecule has 0 saturated carbocycles. The van der Waals surface area contributed by atoms with E-state index < -0.39 is 5.76 Å². The van der Waals surface area contributed by atoms with Crippen LogP contribution in [0.3, 0.4) is 0 Å². The van der Waals surface area contributed by atoms with Gasteiger partial charge in [-0.15, -0.1) is 0 Å².